The van der Waals surface area contributed by atoms with Crippen LogP contribution >= 0.6 is 0 Å². The monoisotopic (exact) mass is 873 g/mol. The lowest BCUT2D eigenvalue weighted by atomic mass is 9.88. The molecule has 4 fully saturated rings. The molecule has 1 aromatic heterocycles. The second kappa shape index (κ2) is 17.5. The summed E-state index contributed by atoms with van der Waals surface area (Å²) in [6, 6.07) is 2.94. The number of sulfonamides is 1. The Morgan fingerprint density at radius 3 is 2.49 bits per heavy atom. The van der Waals surface area contributed by atoms with E-state index in [1.165, 1.54) is 4.90 Å². The van der Waals surface area contributed by atoms with Gasteiger partial charge < -0.3 is 35.0 Å². The molecule has 2 saturated carbocycles. The van der Waals surface area contributed by atoms with Crippen LogP contribution in [0.3, 0.4) is 0 Å². The topological polar surface area (TPSA) is 200 Å². The molecule has 0 radical (unpaired) electrons. The van der Waals surface area contributed by atoms with Crippen molar-refractivity contribution in [2.75, 3.05) is 51.3 Å². The molecule has 16 nitrogen and oxygen atoms in total. The quantitative estimate of drug-likeness (QED) is 0.238. The molecule has 4 heterocycles. The number of carbonyl (C=O) groups is 4. The van der Waals surface area contributed by atoms with Crippen LogP contribution in [0.25, 0.3) is 10.8 Å². The van der Waals surface area contributed by atoms with Crippen LogP contribution in [-0.2, 0) is 24.4 Å². The summed E-state index contributed by atoms with van der Waals surface area (Å²) >= 11 is 0. The fourth-order valence-corrected chi connectivity index (χ4v) is 11.1. The number of pyridine rings is 1. The van der Waals surface area contributed by atoms with E-state index < -0.39 is 80.6 Å². The van der Waals surface area contributed by atoms with Gasteiger partial charge in [0.05, 0.1) is 36.8 Å². The summed E-state index contributed by atoms with van der Waals surface area (Å²) in [4.78, 5) is 65.1. The average molecular weight is 874 g/mol. The van der Waals surface area contributed by atoms with Crippen molar-refractivity contribution in [3.63, 3.8) is 0 Å². The van der Waals surface area contributed by atoms with Crippen molar-refractivity contribution in [2.45, 2.75) is 107 Å². The Bertz CT molecular complexity index is 2150. The van der Waals surface area contributed by atoms with Crippen molar-refractivity contribution in [1.29, 1.82) is 0 Å². The molecular formula is C42H57F2N7O9S. The summed E-state index contributed by atoms with van der Waals surface area (Å²) in [6.07, 6.45) is 3.90. The van der Waals surface area contributed by atoms with Crippen molar-refractivity contribution in [3.05, 3.63) is 36.5 Å². The van der Waals surface area contributed by atoms with E-state index in [1.807, 2.05) is 25.1 Å². The maximum Gasteiger partial charge on any atom is 0.405 e. The maximum atomic E-state index is 14.6. The second-order valence-electron chi connectivity index (χ2n) is 17.5. The van der Waals surface area contributed by atoms with E-state index in [-0.39, 0.29) is 37.7 Å². The first-order valence-corrected chi connectivity index (χ1v) is 22.7. The first-order valence-electron chi connectivity index (χ1n) is 21.2. The van der Waals surface area contributed by atoms with Gasteiger partial charge in [-0.2, -0.15) is 0 Å². The molecular weight excluding hydrogens is 817 g/mol. The number of carboxylic acid groups (broad SMARTS) is 1. The van der Waals surface area contributed by atoms with Gasteiger partial charge in [-0.05, 0) is 75.0 Å². The zero-order valence-corrected chi connectivity index (χ0v) is 35.9. The van der Waals surface area contributed by atoms with Crippen LogP contribution in [0.5, 0.6) is 11.6 Å². The molecule has 19 heteroatoms. The number of amides is 4. The largest absolute Gasteiger partial charge is 0.497 e. The number of nitrogens with one attached hydrogen (secondary N) is 3. The van der Waals surface area contributed by atoms with E-state index in [9.17, 15) is 41.5 Å². The van der Waals surface area contributed by atoms with Crippen LogP contribution < -0.4 is 29.7 Å². The number of hydrogen-bond donors (Lipinski definition) is 4. The Balaban J connectivity index is 1.20. The minimum absolute atomic E-state index is 0.0508. The van der Waals surface area contributed by atoms with Gasteiger partial charge in [0.2, 0.25) is 27.7 Å². The number of methoxy groups -OCH3 is 1. The van der Waals surface area contributed by atoms with E-state index >= 15 is 0 Å². The number of fused-ring (bicyclic) bond motifs is 3. The average Bonchev–Trinajstić information content (AvgIpc) is 4.12. The van der Waals surface area contributed by atoms with E-state index in [0.29, 0.717) is 75.8 Å². The number of benzene rings is 1. The Morgan fingerprint density at radius 1 is 1.10 bits per heavy atom. The number of rotatable bonds is 11. The molecule has 4 amide bonds. The zero-order valence-electron chi connectivity index (χ0n) is 35.1. The summed E-state index contributed by atoms with van der Waals surface area (Å²) in [5.41, 5.74) is -0.837. The van der Waals surface area contributed by atoms with Crippen molar-refractivity contribution in [1.82, 2.24) is 30.1 Å². The van der Waals surface area contributed by atoms with Gasteiger partial charge in [0.15, 0.2) is 0 Å². The smallest absolute Gasteiger partial charge is 0.405 e. The van der Waals surface area contributed by atoms with Crippen molar-refractivity contribution >= 4 is 50.3 Å². The summed E-state index contributed by atoms with van der Waals surface area (Å²) in [7, 11) is -2.51. The SMILES string of the molecule is CCC1(S(=O)(=O)NC(=O)[C@@]23C[C@H]2C=CCC[C@@H](C)C[C@@H](C)[C@H](NC(=O)O)C(=O)N2C[C@H](Oc4ncc(N5CCN(CC(F)F)CC5)c5cc(OC)ccc45)C[C@H]2C(=O)N3)CC1. The number of halogens is 2. The normalized spacial score (nSPS) is 29.5. The fraction of sp³-hybridized carbons (Fsp3) is 0.643. The number of anilines is 1. The van der Waals surface area contributed by atoms with Gasteiger partial charge in [-0.1, -0.05) is 32.9 Å². The molecule has 0 bridgehead atoms. The van der Waals surface area contributed by atoms with E-state index in [4.69, 9.17) is 9.47 Å². The lowest BCUT2D eigenvalue weighted by Crippen LogP contribution is -2.59. The Morgan fingerprint density at radius 2 is 1.84 bits per heavy atom. The lowest BCUT2D eigenvalue weighted by molar-refractivity contribution is -0.142. The third kappa shape index (κ3) is 9.22. The van der Waals surface area contributed by atoms with Gasteiger partial charge in [0.25, 0.3) is 12.3 Å². The molecule has 4 N–H and O–H groups in total. The standard InChI is InChI=1S/C42H57F2N7O9S/c1-5-41(12-13-41)61(57,58)48-39(54)42-21-27(42)9-7-6-8-25(2)18-26(3)35(46-40(55)56)38(53)51-23-29(20-32(51)36(52)47-42)60-37-30-11-10-28(59-4)19-31(30)33(22-45-37)50-16-14-49(15-17-50)24-34(43)44/h7,9-11,19,22,25-27,29,32,34-35,46H,5-6,8,12-18,20-21,23-24H2,1-4H3,(H,47,52)(H,48,54)(H,55,56)/t25-,26-,27-,29-,32+,35+,42-/m1/s1. The predicted octanol–water partition coefficient (Wildman–Crippen LogP) is 3.89. The van der Waals surface area contributed by atoms with Gasteiger partial charge in [0.1, 0.15) is 29.5 Å². The van der Waals surface area contributed by atoms with Crippen LogP contribution in [0.1, 0.15) is 72.1 Å². The van der Waals surface area contributed by atoms with Crippen molar-refractivity contribution < 1.29 is 51.0 Å². The highest BCUT2D eigenvalue weighted by atomic mass is 32.2. The Labute approximate surface area is 354 Å². The van der Waals surface area contributed by atoms with Crippen LogP contribution in [0.4, 0.5) is 19.3 Å². The van der Waals surface area contributed by atoms with Gasteiger partial charge in [0, 0.05) is 49.3 Å². The van der Waals surface area contributed by atoms with Crippen LogP contribution in [0, 0.1) is 17.8 Å². The summed E-state index contributed by atoms with van der Waals surface area (Å²) in [6.45, 7) is 7.00. The summed E-state index contributed by atoms with van der Waals surface area (Å²) in [5.74, 6) is -2.25. The Kier molecular flexibility index (Phi) is 12.7. The molecule has 0 spiro atoms. The van der Waals surface area contributed by atoms with Gasteiger partial charge in [-0.25, -0.2) is 27.0 Å². The number of nitrogens with zero attached hydrogens (tertiary/aromatic N) is 4. The molecule has 334 valence electrons. The Hall–Kier alpha value is -4.78. The molecule has 1 aromatic carbocycles. The summed E-state index contributed by atoms with van der Waals surface area (Å²) in [5, 5.41) is 16.5. The van der Waals surface area contributed by atoms with Crippen molar-refractivity contribution in [3.8, 4) is 11.6 Å². The first kappa shape index (κ1) is 44.3. The third-order valence-corrected chi connectivity index (χ3v) is 15.7. The van der Waals surface area contributed by atoms with Crippen LogP contribution in [0.2, 0.25) is 0 Å². The maximum absolute atomic E-state index is 14.6. The number of carbonyl (C=O) groups excluding carboxylic acids is 3. The second-order valence-corrected chi connectivity index (χ2v) is 19.6. The molecule has 2 saturated heterocycles. The van der Waals surface area contributed by atoms with Gasteiger partial charge >= 0.3 is 6.09 Å². The van der Waals surface area contributed by atoms with E-state index in [0.717, 1.165) is 11.1 Å². The molecule has 5 aliphatic rings. The lowest BCUT2D eigenvalue weighted by Gasteiger charge is -2.36. The number of piperazine rings is 1. The van der Waals surface area contributed by atoms with Crippen LogP contribution in [-0.4, -0.2) is 133 Å². The fourth-order valence-electron chi connectivity index (χ4n) is 9.40. The minimum atomic E-state index is -4.05. The van der Waals surface area contributed by atoms with E-state index in [2.05, 4.69) is 25.2 Å². The molecule has 7 atom stereocenters. The molecule has 2 aromatic rings. The highest BCUT2D eigenvalue weighted by molar-refractivity contribution is 7.91. The molecule has 2 aliphatic carbocycles. The molecule has 61 heavy (non-hydrogen) atoms. The predicted molar refractivity (Wildman–Crippen MR) is 222 cm³/mol. The third-order valence-electron chi connectivity index (χ3n) is 13.4. The molecule has 0 unspecified atom stereocenters. The van der Waals surface area contributed by atoms with Gasteiger partial charge in [-0.3, -0.25) is 24.0 Å². The van der Waals surface area contributed by atoms with Gasteiger partial charge in [-0.15, -0.1) is 0 Å². The number of alkyl halides is 2. The highest BCUT2D eigenvalue weighted by Gasteiger charge is 2.63. The minimum Gasteiger partial charge on any atom is -0.497 e. The molecule has 7 rings (SSSR count). The van der Waals surface area contributed by atoms with Crippen LogP contribution in [0.15, 0.2) is 36.5 Å². The number of aromatic nitrogens is 1. The number of hydrogen-bond acceptors (Lipinski definition) is 11. The van der Waals surface area contributed by atoms with Crippen molar-refractivity contribution in [2.24, 2.45) is 17.8 Å². The zero-order chi connectivity index (χ0) is 43.9. The van der Waals surface area contributed by atoms with E-state index in [1.54, 1.807) is 44.2 Å². The number of allylic oxidation sites excluding steroid dienone is 1. The molecule has 3 aliphatic heterocycles. The first-order chi connectivity index (χ1) is 29.0. The number of ether oxygens (including phenoxy) is 2. The highest BCUT2D eigenvalue weighted by Crippen LogP contribution is 2.49. The summed E-state index contributed by atoms with van der Waals surface area (Å²) < 4.78 is 66.4.